The Hall–Kier alpha value is -2.15. The van der Waals surface area contributed by atoms with Crippen molar-refractivity contribution in [3.63, 3.8) is 0 Å². The Labute approximate surface area is 111 Å². The molecule has 19 heavy (non-hydrogen) atoms. The maximum Gasteiger partial charge on any atom is 0.282 e. The van der Waals surface area contributed by atoms with E-state index in [4.69, 9.17) is 10.5 Å². The summed E-state index contributed by atoms with van der Waals surface area (Å²) in [5, 5.41) is 10.9. The van der Waals surface area contributed by atoms with Crippen LogP contribution in [-0.4, -0.2) is 42.5 Å². The van der Waals surface area contributed by atoms with Crippen LogP contribution in [0.2, 0.25) is 0 Å². The average Bonchev–Trinajstić information content (AvgIpc) is 2.36. The minimum atomic E-state index is -0.596. The van der Waals surface area contributed by atoms with Crippen molar-refractivity contribution in [3.8, 4) is 0 Å². The van der Waals surface area contributed by atoms with Crippen molar-refractivity contribution in [3.05, 3.63) is 33.9 Å². The lowest BCUT2D eigenvalue weighted by Gasteiger charge is -2.24. The highest BCUT2D eigenvalue weighted by Gasteiger charge is 2.25. The number of hydrogen-bond donors (Lipinski definition) is 1. The molecule has 7 nitrogen and oxygen atoms in total. The molecule has 0 aliphatic heterocycles. The normalized spacial score (nSPS) is 11.9. The number of carbonyl (C=O) groups is 1. The second-order valence-corrected chi connectivity index (χ2v) is 4.25. The van der Waals surface area contributed by atoms with E-state index in [1.807, 2.05) is 0 Å². The van der Waals surface area contributed by atoms with Crippen molar-refractivity contribution in [2.24, 2.45) is 0 Å². The Morgan fingerprint density at radius 3 is 2.74 bits per heavy atom. The van der Waals surface area contributed by atoms with Crippen LogP contribution >= 0.6 is 0 Å². The molecule has 0 bridgehead atoms. The van der Waals surface area contributed by atoms with E-state index in [9.17, 15) is 14.9 Å². The van der Waals surface area contributed by atoms with Gasteiger partial charge in [-0.2, -0.15) is 0 Å². The number of anilines is 1. The molecule has 0 saturated carbocycles. The highest BCUT2D eigenvalue weighted by atomic mass is 16.6. The van der Waals surface area contributed by atoms with Crippen LogP contribution < -0.4 is 5.73 Å². The number of nitro benzene ring substituents is 1. The van der Waals surface area contributed by atoms with Gasteiger partial charge in [0.25, 0.3) is 11.6 Å². The van der Waals surface area contributed by atoms with Gasteiger partial charge in [-0.15, -0.1) is 0 Å². The number of likely N-dealkylation sites (N-methyl/N-ethyl adjacent to an activating group) is 1. The van der Waals surface area contributed by atoms with Gasteiger partial charge in [0.15, 0.2) is 0 Å². The Morgan fingerprint density at radius 2 is 2.21 bits per heavy atom. The molecule has 0 aliphatic rings. The first-order chi connectivity index (χ1) is 8.88. The van der Waals surface area contributed by atoms with Crippen LogP contribution in [0.1, 0.15) is 17.3 Å². The summed E-state index contributed by atoms with van der Waals surface area (Å²) in [4.78, 5) is 24.0. The van der Waals surface area contributed by atoms with Crippen LogP contribution in [0.5, 0.6) is 0 Å². The zero-order chi connectivity index (χ0) is 14.6. The minimum absolute atomic E-state index is 0.0181. The van der Waals surface area contributed by atoms with Gasteiger partial charge in [-0.1, -0.05) is 0 Å². The van der Waals surface area contributed by atoms with Crippen molar-refractivity contribution in [1.82, 2.24) is 4.90 Å². The molecule has 0 radical (unpaired) electrons. The number of nitrogen functional groups attached to an aromatic ring is 1. The molecule has 0 aliphatic carbocycles. The van der Waals surface area contributed by atoms with Gasteiger partial charge >= 0.3 is 0 Å². The Bertz CT molecular complexity index is 490. The topological polar surface area (TPSA) is 98.7 Å². The molecule has 1 aromatic rings. The maximum atomic E-state index is 12.2. The van der Waals surface area contributed by atoms with Gasteiger partial charge in [0.2, 0.25) is 0 Å². The number of nitrogens with zero attached hydrogens (tertiary/aromatic N) is 2. The molecule has 7 heteroatoms. The lowest BCUT2D eigenvalue weighted by Crippen LogP contribution is -2.38. The summed E-state index contributed by atoms with van der Waals surface area (Å²) < 4.78 is 4.96. The molecule has 104 valence electrons. The number of rotatable bonds is 5. The number of ether oxygens (including phenoxy) is 1. The summed E-state index contributed by atoms with van der Waals surface area (Å²) in [6.07, 6.45) is 0. The molecule has 0 aromatic heterocycles. The Kier molecular flexibility index (Phi) is 4.82. The fourth-order valence-corrected chi connectivity index (χ4v) is 1.63. The molecular weight excluding hydrogens is 250 g/mol. The van der Waals surface area contributed by atoms with Crippen LogP contribution in [0.3, 0.4) is 0 Å². The van der Waals surface area contributed by atoms with Crippen LogP contribution in [0.25, 0.3) is 0 Å². The molecule has 0 spiro atoms. The van der Waals surface area contributed by atoms with Crippen LogP contribution in [-0.2, 0) is 4.74 Å². The van der Waals surface area contributed by atoms with Crippen molar-refractivity contribution >= 4 is 17.3 Å². The molecule has 0 fully saturated rings. The van der Waals surface area contributed by atoms with Gasteiger partial charge < -0.3 is 15.4 Å². The Morgan fingerprint density at radius 1 is 1.58 bits per heavy atom. The molecule has 1 aromatic carbocycles. The summed E-state index contributed by atoms with van der Waals surface area (Å²) in [6, 6.07) is 3.75. The van der Waals surface area contributed by atoms with E-state index in [2.05, 4.69) is 0 Å². The summed E-state index contributed by atoms with van der Waals surface area (Å²) >= 11 is 0. The smallest absolute Gasteiger partial charge is 0.282 e. The fourth-order valence-electron chi connectivity index (χ4n) is 1.63. The van der Waals surface area contributed by atoms with Crippen LogP contribution in [0.4, 0.5) is 11.4 Å². The monoisotopic (exact) mass is 267 g/mol. The molecule has 1 rings (SSSR count). The summed E-state index contributed by atoms with van der Waals surface area (Å²) in [5.74, 6) is -0.455. The van der Waals surface area contributed by atoms with Crippen LogP contribution in [0.15, 0.2) is 18.2 Å². The number of methoxy groups -OCH3 is 1. The van der Waals surface area contributed by atoms with E-state index in [1.54, 1.807) is 14.0 Å². The van der Waals surface area contributed by atoms with Crippen molar-refractivity contribution in [2.45, 2.75) is 13.0 Å². The number of carbonyl (C=O) groups excluding carboxylic acids is 1. The first kappa shape index (κ1) is 14.9. The molecule has 1 amide bonds. The molecular formula is C12H17N3O4. The Balaban J connectivity index is 3.11. The molecule has 2 N–H and O–H groups in total. The SMILES string of the molecule is COCC(C)N(C)C(=O)c1cc(N)ccc1[N+](=O)[O-]. The molecule has 1 unspecified atom stereocenters. The van der Waals surface area contributed by atoms with Crippen molar-refractivity contribution < 1.29 is 14.5 Å². The van der Waals surface area contributed by atoms with Gasteiger partial charge in [-0.25, -0.2) is 0 Å². The zero-order valence-electron chi connectivity index (χ0n) is 11.1. The van der Waals surface area contributed by atoms with Crippen molar-refractivity contribution in [1.29, 1.82) is 0 Å². The van der Waals surface area contributed by atoms with Gasteiger partial charge in [-0.3, -0.25) is 14.9 Å². The number of hydrogen-bond acceptors (Lipinski definition) is 5. The predicted molar refractivity (Wildman–Crippen MR) is 70.9 cm³/mol. The standard InChI is InChI=1S/C12H17N3O4/c1-8(7-19-3)14(2)12(16)10-6-9(13)4-5-11(10)15(17)18/h4-6,8H,7,13H2,1-3H3. The third-order valence-corrected chi connectivity index (χ3v) is 2.84. The second kappa shape index (κ2) is 6.14. The summed E-state index contributed by atoms with van der Waals surface area (Å²) in [6.45, 7) is 2.14. The molecule has 0 saturated heterocycles. The summed E-state index contributed by atoms with van der Waals surface area (Å²) in [7, 11) is 3.09. The minimum Gasteiger partial charge on any atom is -0.399 e. The number of amides is 1. The van der Waals surface area contributed by atoms with Crippen molar-refractivity contribution in [2.75, 3.05) is 26.5 Å². The predicted octanol–water partition coefficient (Wildman–Crippen LogP) is 1.28. The van der Waals surface area contributed by atoms with Gasteiger partial charge in [0.05, 0.1) is 17.6 Å². The highest BCUT2D eigenvalue weighted by molar-refractivity contribution is 5.99. The van der Waals surface area contributed by atoms with E-state index < -0.39 is 10.8 Å². The fraction of sp³-hybridized carbons (Fsp3) is 0.417. The molecule has 0 heterocycles. The number of benzene rings is 1. The third-order valence-electron chi connectivity index (χ3n) is 2.84. The van der Waals surface area contributed by atoms with Gasteiger partial charge in [0.1, 0.15) is 5.56 Å². The van der Waals surface area contributed by atoms with Crippen LogP contribution in [0, 0.1) is 10.1 Å². The quantitative estimate of drug-likeness (QED) is 0.492. The highest BCUT2D eigenvalue weighted by Crippen LogP contribution is 2.23. The van der Waals surface area contributed by atoms with E-state index in [-0.39, 0.29) is 17.3 Å². The van der Waals surface area contributed by atoms with E-state index in [0.717, 1.165) is 0 Å². The van der Waals surface area contributed by atoms with E-state index >= 15 is 0 Å². The summed E-state index contributed by atoms with van der Waals surface area (Å²) in [5.41, 5.74) is 5.62. The van der Waals surface area contributed by atoms with Gasteiger partial charge in [0, 0.05) is 25.9 Å². The lowest BCUT2D eigenvalue weighted by molar-refractivity contribution is -0.385. The number of nitrogens with two attached hydrogens (primary N) is 1. The molecule has 1 atom stereocenters. The third kappa shape index (κ3) is 3.41. The number of nitro groups is 1. The lowest BCUT2D eigenvalue weighted by atomic mass is 10.1. The van der Waals surface area contributed by atoms with E-state index in [0.29, 0.717) is 12.3 Å². The second-order valence-electron chi connectivity index (χ2n) is 4.25. The van der Waals surface area contributed by atoms with E-state index in [1.165, 1.54) is 30.2 Å². The largest absolute Gasteiger partial charge is 0.399 e. The first-order valence-electron chi connectivity index (χ1n) is 5.68. The average molecular weight is 267 g/mol. The zero-order valence-corrected chi connectivity index (χ0v) is 11.1. The maximum absolute atomic E-state index is 12.2. The first-order valence-corrected chi connectivity index (χ1v) is 5.68. The van der Waals surface area contributed by atoms with Gasteiger partial charge in [-0.05, 0) is 19.1 Å².